The van der Waals surface area contributed by atoms with Gasteiger partial charge in [0.15, 0.2) is 0 Å². The fourth-order valence-electron chi connectivity index (χ4n) is 1.49. The molecule has 0 fully saturated rings. The summed E-state index contributed by atoms with van der Waals surface area (Å²) >= 11 is 5.71. The van der Waals surface area contributed by atoms with Crippen molar-refractivity contribution in [2.75, 3.05) is 11.1 Å². The second kappa shape index (κ2) is 5.11. The maximum atomic E-state index is 13.1. The SMILES string of the molecule is Nc1cnc(Nc2cc(F)cc(Cl)c2)cc1C(=O)O. The van der Waals surface area contributed by atoms with Gasteiger partial charge >= 0.3 is 5.97 Å². The van der Waals surface area contributed by atoms with Crippen LogP contribution in [0.25, 0.3) is 0 Å². The molecule has 0 unspecified atom stereocenters. The zero-order valence-corrected chi connectivity index (χ0v) is 10.3. The van der Waals surface area contributed by atoms with E-state index in [9.17, 15) is 9.18 Å². The number of carboxylic acid groups (broad SMARTS) is 1. The molecule has 98 valence electrons. The number of nitrogens with zero attached hydrogens (tertiary/aromatic N) is 1. The van der Waals surface area contributed by atoms with E-state index in [1.807, 2.05) is 0 Å². The molecule has 5 nitrogen and oxygen atoms in total. The monoisotopic (exact) mass is 281 g/mol. The van der Waals surface area contributed by atoms with Crippen molar-refractivity contribution in [1.29, 1.82) is 0 Å². The summed E-state index contributed by atoms with van der Waals surface area (Å²) in [6, 6.07) is 5.12. The predicted octanol–water partition coefficient (Wildman–Crippen LogP) is 2.90. The van der Waals surface area contributed by atoms with Gasteiger partial charge in [-0.2, -0.15) is 0 Å². The number of aromatic carboxylic acids is 1. The van der Waals surface area contributed by atoms with Gasteiger partial charge in [0, 0.05) is 10.7 Å². The summed E-state index contributed by atoms with van der Waals surface area (Å²) in [5, 5.41) is 11.9. The highest BCUT2D eigenvalue weighted by Crippen LogP contribution is 2.22. The zero-order valence-electron chi connectivity index (χ0n) is 9.52. The summed E-state index contributed by atoms with van der Waals surface area (Å²) in [6.45, 7) is 0. The molecule has 0 radical (unpaired) electrons. The number of nitrogens with one attached hydrogen (secondary N) is 1. The molecule has 0 aliphatic carbocycles. The second-order valence-corrected chi connectivity index (χ2v) is 4.18. The first-order valence-corrected chi connectivity index (χ1v) is 5.55. The van der Waals surface area contributed by atoms with Crippen LogP contribution in [0.15, 0.2) is 30.5 Å². The van der Waals surface area contributed by atoms with E-state index in [4.69, 9.17) is 22.4 Å². The first-order valence-electron chi connectivity index (χ1n) is 5.17. The summed E-state index contributed by atoms with van der Waals surface area (Å²) in [5.74, 6) is -1.45. The van der Waals surface area contributed by atoms with Crippen LogP contribution in [0.5, 0.6) is 0 Å². The van der Waals surface area contributed by atoms with Crippen LogP contribution in [-0.2, 0) is 0 Å². The van der Waals surface area contributed by atoms with Crippen LogP contribution in [0, 0.1) is 5.82 Å². The predicted molar refractivity (Wildman–Crippen MR) is 70.3 cm³/mol. The molecule has 0 aliphatic heterocycles. The lowest BCUT2D eigenvalue weighted by molar-refractivity contribution is 0.0698. The Labute approximate surface area is 112 Å². The third kappa shape index (κ3) is 3.11. The number of rotatable bonds is 3. The largest absolute Gasteiger partial charge is 0.478 e. The Morgan fingerprint density at radius 1 is 1.37 bits per heavy atom. The van der Waals surface area contributed by atoms with Crippen molar-refractivity contribution in [3.63, 3.8) is 0 Å². The molecule has 0 amide bonds. The van der Waals surface area contributed by atoms with Gasteiger partial charge in [0.05, 0.1) is 17.4 Å². The lowest BCUT2D eigenvalue weighted by atomic mass is 10.2. The van der Waals surface area contributed by atoms with Gasteiger partial charge in [-0.1, -0.05) is 11.6 Å². The molecule has 1 aromatic heterocycles. The van der Waals surface area contributed by atoms with Crippen LogP contribution in [-0.4, -0.2) is 16.1 Å². The minimum absolute atomic E-state index is 0.0512. The van der Waals surface area contributed by atoms with E-state index in [0.29, 0.717) is 5.69 Å². The molecule has 1 aromatic carbocycles. The molecule has 19 heavy (non-hydrogen) atoms. The van der Waals surface area contributed by atoms with Crippen molar-refractivity contribution in [2.24, 2.45) is 0 Å². The Kier molecular flexibility index (Phi) is 3.52. The van der Waals surface area contributed by atoms with Crippen molar-refractivity contribution < 1.29 is 14.3 Å². The fraction of sp³-hybridized carbons (Fsp3) is 0. The molecule has 0 aliphatic rings. The smallest absolute Gasteiger partial charge is 0.337 e. The van der Waals surface area contributed by atoms with Crippen LogP contribution >= 0.6 is 11.6 Å². The topological polar surface area (TPSA) is 88.2 Å². The number of carbonyl (C=O) groups is 1. The number of benzene rings is 1. The maximum absolute atomic E-state index is 13.1. The highest BCUT2D eigenvalue weighted by atomic mass is 35.5. The van der Waals surface area contributed by atoms with E-state index < -0.39 is 11.8 Å². The number of pyridine rings is 1. The van der Waals surface area contributed by atoms with E-state index in [1.54, 1.807) is 0 Å². The number of halogens is 2. The van der Waals surface area contributed by atoms with Gasteiger partial charge < -0.3 is 16.2 Å². The summed E-state index contributed by atoms with van der Waals surface area (Å²) in [6.07, 6.45) is 1.21. The van der Waals surface area contributed by atoms with Crippen LogP contribution in [0.2, 0.25) is 5.02 Å². The van der Waals surface area contributed by atoms with Gasteiger partial charge in [-0.3, -0.25) is 0 Å². The second-order valence-electron chi connectivity index (χ2n) is 3.75. The number of nitrogen functional groups attached to an aromatic ring is 1. The Morgan fingerprint density at radius 2 is 2.11 bits per heavy atom. The fourth-order valence-corrected chi connectivity index (χ4v) is 1.72. The molecule has 0 saturated heterocycles. The van der Waals surface area contributed by atoms with Gasteiger partial charge in [-0.25, -0.2) is 14.2 Å². The zero-order chi connectivity index (χ0) is 14.0. The minimum atomic E-state index is -1.17. The number of carboxylic acids is 1. The average molecular weight is 282 g/mol. The van der Waals surface area contributed by atoms with Gasteiger partial charge in [-0.05, 0) is 24.3 Å². The van der Waals surface area contributed by atoms with E-state index in [0.717, 1.165) is 6.07 Å². The minimum Gasteiger partial charge on any atom is -0.478 e. The quantitative estimate of drug-likeness (QED) is 0.805. The van der Waals surface area contributed by atoms with Gasteiger partial charge in [0.1, 0.15) is 11.6 Å². The summed E-state index contributed by atoms with van der Waals surface area (Å²) in [5.41, 5.74) is 5.81. The molecule has 2 aromatic rings. The molecular weight excluding hydrogens is 273 g/mol. The van der Waals surface area contributed by atoms with Crippen LogP contribution in [0.4, 0.5) is 21.6 Å². The number of anilines is 3. The number of aromatic nitrogens is 1. The Bertz CT molecular complexity index is 629. The van der Waals surface area contributed by atoms with E-state index in [2.05, 4.69) is 10.3 Å². The number of nitrogens with two attached hydrogens (primary N) is 1. The van der Waals surface area contributed by atoms with E-state index >= 15 is 0 Å². The van der Waals surface area contributed by atoms with Crippen molar-refractivity contribution >= 4 is 34.8 Å². The summed E-state index contributed by atoms with van der Waals surface area (Å²) in [4.78, 5) is 14.8. The summed E-state index contributed by atoms with van der Waals surface area (Å²) < 4.78 is 13.1. The molecule has 0 saturated carbocycles. The summed E-state index contributed by atoms with van der Waals surface area (Å²) in [7, 11) is 0. The van der Waals surface area contributed by atoms with Crippen molar-refractivity contribution in [3.8, 4) is 0 Å². The third-order valence-corrected chi connectivity index (χ3v) is 2.52. The highest BCUT2D eigenvalue weighted by molar-refractivity contribution is 6.30. The van der Waals surface area contributed by atoms with Crippen molar-refractivity contribution in [1.82, 2.24) is 4.98 Å². The molecule has 0 spiro atoms. The number of hydrogen-bond acceptors (Lipinski definition) is 4. The highest BCUT2D eigenvalue weighted by Gasteiger charge is 2.10. The van der Waals surface area contributed by atoms with Gasteiger partial charge in [0.2, 0.25) is 0 Å². The Morgan fingerprint density at radius 3 is 2.74 bits per heavy atom. The van der Waals surface area contributed by atoms with Gasteiger partial charge in [-0.15, -0.1) is 0 Å². The van der Waals surface area contributed by atoms with Crippen molar-refractivity contribution in [3.05, 3.63) is 46.9 Å². The third-order valence-electron chi connectivity index (χ3n) is 2.30. The molecule has 7 heteroatoms. The molecule has 1 heterocycles. The molecular formula is C12H9ClFN3O2. The van der Waals surface area contributed by atoms with Crippen LogP contribution in [0.3, 0.4) is 0 Å². The van der Waals surface area contributed by atoms with Gasteiger partial charge in [0.25, 0.3) is 0 Å². The Balaban J connectivity index is 2.33. The lowest BCUT2D eigenvalue weighted by Crippen LogP contribution is -2.05. The molecule has 0 atom stereocenters. The normalized spacial score (nSPS) is 10.2. The lowest BCUT2D eigenvalue weighted by Gasteiger charge is -2.08. The first kappa shape index (κ1) is 13.1. The first-order chi connectivity index (χ1) is 8.95. The molecule has 2 rings (SSSR count). The molecule has 4 N–H and O–H groups in total. The maximum Gasteiger partial charge on any atom is 0.337 e. The average Bonchev–Trinajstić information content (AvgIpc) is 2.30. The van der Waals surface area contributed by atoms with Crippen molar-refractivity contribution in [2.45, 2.75) is 0 Å². The Hall–Kier alpha value is -2.34. The van der Waals surface area contributed by atoms with E-state index in [1.165, 1.54) is 24.4 Å². The van der Waals surface area contributed by atoms with Crippen LogP contribution in [0.1, 0.15) is 10.4 Å². The molecule has 0 bridgehead atoms. The van der Waals surface area contributed by atoms with Crippen LogP contribution < -0.4 is 11.1 Å². The van der Waals surface area contributed by atoms with E-state index in [-0.39, 0.29) is 22.1 Å². The number of hydrogen-bond donors (Lipinski definition) is 3. The standard InChI is InChI=1S/C12H9ClFN3O2/c13-6-1-7(14)3-8(2-6)17-11-4-9(12(18)19)10(15)5-16-11/h1-5H,15H2,(H,16,17)(H,18,19).